The lowest BCUT2D eigenvalue weighted by Crippen LogP contribution is -2.62. The fraction of sp³-hybridized carbons (Fsp3) is 0.740. The van der Waals surface area contributed by atoms with Gasteiger partial charge in [0.25, 0.3) is 11.8 Å². The summed E-state index contributed by atoms with van der Waals surface area (Å²) in [6.07, 6.45) is 20.8. The number of rotatable bonds is 62. The van der Waals surface area contributed by atoms with Crippen LogP contribution in [-0.2, 0) is 88.0 Å². The summed E-state index contributed by atoms with van der Waals surface area (Å²) in [7, 11) is 0. The van der Waals surface area contributed by atoms with E-state index in [0.29, 0.717) is 170 Å². The number of nitrogens with two attached hydrogens (primary N) is 1. The molecule has 4 heterocycles. The fourth-order valence-corrected chi connectivity index (χ4v) is 11.3. The number of ether oxygens (including phenoxy) is 12. The summed E-state index contributed by atoms with van der Waals surface area (Å²) in [6.45, 7) is 28.9. The number of nitrogens with one attached hydrogen (secondary N) is 3. The van der Waals surface area contributed by atoms with Crippen molar-refractivity contribution >= 4 is 41.1 Å². The summed E-state index contributed by atoms with van der Waals surface area (Å²) >= 11 is 0. The fourth-order valence-electron chi connectivity index (χ4n) is 11.3. The number of nitrogens with zero attached hydrogens (tertiary/aromatic N) is 8. The number of amides is 6. The number of hydrogen-bond donors (Lipinski definition) is 4. The van der Waals surface area contributed by atoms with E-state index in [1.807, 2.05) is 33.8 Å². The first-order chi connectivity index (χ1) is 52.3. The Hall–Kier alpha value is -6.75. The van der Waals surface area contributed by atoms with Crippen molar-refractivity contribution in [2.75, 3.05) is 191 Å². The van der Waals surface area contributed by atoms with Gasteiger partial charge < -0.3 is 88.3 Å². The predicted molar refractivity (Wildman–Crippen MR) is 406 cm³/mol. The standard InChI is InChI=1S/C44H64FN9O10.C33H65N3O8/c1-7-58-16-17-60-20-21-62-24-25-64-27-26-63-23-22-61-19-18-59-15-12-46-39(55)31-52-29-38(48-50-52)41(56)51-13-14-53(44(5,6)32-51)42(57)37-30-54-40(47-37)35(43(2,3)4)28-36(49-54)33-8-10-34(45)11-9-33;1-3-5-6-7-8-9-10-11-12-13-14-15-16-17-19-35-32(38)29-30(33(34)39)36-31(37)18-20-41-23-24-43-27-28-44-26-25-42-22-21-40-4-2/h8-11,28-30H,7,12-27,31-32H2,1-6H3,(H,46,55);30H,3-29H2,1-2H3,(H2,34,39)(H,35,38)(H,36,37)/t;30-/m.0/s1. The monoisotopic (exact) mass is 1530 g/mol. The number of aromatic nitrogens is 6. The van der Waals surface area contributed by atoms with Crippen LogP contribution in [-0.4, -0.2) is 278 Å². The lowest BCUT2D eigenvalue weighted by Gasteiger charge is -2.46. The van der Waals surface area contributed by atoms with Crippen molar-refractivity contribution in [3.63, 3.8) is 0 Å². The Bertz CT molecular complexity index is 3040. The van der Waals surface area contributed by atoms with Crippen LogP contribution in [0, 0.1) is 5.82 Å². The number of unbranched alkanes of at least 4 members (excludes halogenated alkanes) is 13. The van der Waals surface area contributed by atoms with Gasteiger partial charge in [0.05, 0.1) is 175 Å². The largest absolute Gasteiger partial charge is 0.379 e. The molecule has 1 saturated heterocycles. The van der Waals surface area contributed by atoms with Gasteiger partial charge in [-0.1, -0.05) is 116 Å². The summed E-state index contributed by atoms with van der Waals surface area (Å²) in [6, 6.07) is 7.00. The molecule has 4 aromatic rings. The van der Waals surface area contributed by atoms with Crippen LogP contribution in [0.15, 0.2) is 42.7 Å². The molecule has 1 fully saturated rings. The Morgan fingerprint density at radius 1 is 0.537 bits per heavy atom. The third-order valence-electron chi connectivity index (χ3n) is 17.2. The zero-order valence-corrected chi connectivity index (χ0v) is 66.0. The van der Waals surface area contributed by atoms with Crippen LogP contribution in [0.1, 0.15) is 185 Å². The zero-order chi connectivity index (χ0) is 78.3. The summed E-state index contributed by atoms with van der Waals surface area (Å²) in [5.41, 5.74) is 7.44. The van der Waals surface area contributed by atoms with E-state index in [2.05, 4.69) is 54.0 Å². The maximum Gasteiger partial charge on any atom is 0.276 e. The SMILES string of the molecule is CCCCCCCCCCCCCCCCNC(=O)C[C@H](NC(=O)CCOCCOCCOCCOCCOCC)C(N)=O.CCOCCOCCOCCOCCOCCOCCOCCNC(=O)Cn1cc(C(=O)N2CCN(C(=O)c3cn4nc(-c5ccc(F)cc5)cc(C(C)(C)C)c4n3)C(C)(C)C2)nn1. The molecule has 30 nitrogen and oxygen atoms in total. The molecule has 5 rings (SSSR count). The number of hydrogen-bond acceptors (Lipinski definition) is 22. The topological polar surface area (TPSA) is 343 Å². The van der Waals surface area contributed by atoms with Crippen LogP contribution in [0.2, 0.25) is 0 Å². The van der Waals surface area contributed by atoms with Gasteiger partial charge in [-0.3, -0.25) is 28.8 Å². The van der Waals surface area contributed by atoms with E-state index < -0.39 is 23.4 Å². The minimum Gasteiger partial charge on any atom is -0.379 e. The van der Waals surface area contributed by atoms with E-state index in [0.717, 1.165) is 24.0 Å². The molecular weight excluding hydrogens is 1400 g/mol. The van der Waals surface area contributed by atoms with Gasteiger partial charge in [0.2, 0.25) is 23.6 Å². The van der Waals surface area contributed by atoms with Crippen molar-refractivity contribution in [3.05, 3.63) is 65.5 Å². The van der Waals surface area contributed by atoms with Gasteiger partial charge in [0, 0.05) is 63.5 Å². The number of carbonyl (C=O) groups excluding carboxylic acids is 6. The molecule has 1 aromatic carbocycles. The van der Waals surface area contributed by atoms with Crippen LogP contribution in [0.25, 0.3) is 16.9 Å². The maximum absolute atomic E-state index is 14.0. The van der Waals surface area contributed by atoms with Crippen molar-refractivity contribution in [2.24, 2.45) is 5.73 Å². The van der Waals surface area contributed by atoms with E-state index in [1.54, 1.807) is 32.6 Å². The molecule has 31 heteroatoms. The number of benzene rings is 1. The summed E-state index contributed by atoms with van der Waals surface area (Å²) in [5.74, 6) is -2.72. The molecule has 1 atom stereocenters. The van der Waals surface area contributed by atoms with Gasteiger partial charge in [-0.15, -0.1) is 5.10 Å². The van der Waals surface area contributed by atoms with Gasteiger partial charge in [0.15, 0.2) is 11.3 Å². The molecule has 0 radical (unpaired) electrons. The normalized spacial score (nSPS) is 13.2. The minimum absolute atomic E-state index is 0.0524. The molecule has 1 aliphatic rings. The Morgan fingerprint density at radius 2 is 0.991 bits per heavy atom. The summed E-state index contributed by atoms with van der Waals surface area (Å²) in [4.78, 5) is 84.4. The molecule has 0 spiro atoms. The molecular formula is C77H129FN12O18. The molecule has 0 bridgehead atoms. The molecule has 0 aliphatic carbocycles. The van der Waals surface area contributed by atoms with Crippen molar-refractivity contribution in [1.82, 2.24) is 55.3 Å². The van der Waals surface area contributed by atoms with Crippen LogP contribution < -0.4 is 21.7 Å². The molecule has 3 aromatic heterocycles. The van der Waals surface area contributed by atoms with Gasteiger partial charge in [-0.25, -0.2) is 18.6 Å². The third-order valence-corrected chi connectivity index (χ3v) is 17.2. The molecule has 6 amide bonds. The Morgan fingerprint density at radius 3 is 1.45 bits per heavy atom. The minimum atomic E-state index is -1.04. The number of primary amides is 1. The van der Waals surface area contributed by atoms with E-state index >= 15 is 0 Å². The van der Waals surface area contributed by atoms with Gasteiger partial charge in [-0.05, 0) is 69.9 Å². The first kappa shape index (κ1) is 93.6. The maximum atomic E-state index is 14.0. The third kappa shape index (κ3) is 41.3. The lowest BCUT2D eigenvalue weighted by molar-refractivity contribution is -0.130. The van der Waals surface area contributed by atoms with Crippen LogP contribution >= 0.6 is 0 Å². The number of piperazine rings is 1. The van der Waals surface area contributed by atoms with E-state index in [9.17, 15) is 33.2 Å². The predicted octanol–water partition coefficient (Wildman–Crippen LogP) is 7.49. The van der Waals surface area contributed by atoms with Crippen LogP contribution in [0.5, 0.6) is 0 Å². The molecule has 1 aliphatic heterocycles. The van der Waals surface area contributed by atoms with Crippen molar-refractivity contribution in [2.45, 2.75) is 182 Å². The highest BCUT2D eigenvalue weighted by molar-refractivity contribution is 5.95. The highest BCUT2D eigenvalue weighted by atomic mass is 19.1. The zero-order valence-electron chi connectivity index (χ0n) is 66.0. The second kappa shape index (κ2) is 57.3. The first-order valence-electron chi connectivity index (χ1n) is 39.0. The van der Waals surface area contributed by atoms with Crippen molar-refractivity contribution in [3.8, 4) is 11.3 Å². The Balaban J connectivity index is 0.000000492. The number of carbonyl (C=O) groups is 6. The van der Waals surface area contributed by atoms with E-state index in [-0.39, 0.29) is 98.4 Å². The number of fused-ring (bicyclic) bond motifs is 1. The first-order valence-corrected chi connectivity index (χ1v) is 39.0. The lowest BCUT2D eigenvalue weighted by atomic mass is 9.87. The highest BCUT2D eigenvalue weighted by Crippen LogP contribution is 2.31. The quantitative estimate of drug-likeness (QED) is 0.0311. The molecule has 0 saturated carbocycles. The van der Waals surface area contributed by atoms with Crippen LogP contribution in [0.4, 0.5) is 4.39 Å². The van der Waals surface area contributed by atoms with Gasteiger partial charge >= 0.3 is 0 Å². The second-order valence-electron chi connectivity index (χ2n) is 27.7. The Labute approximate surface area is 639 Å². The van der Waals surface area contributed by atoms with Crippen molar-refractivity contribution < 1.29 is 90.0 Å². The molecule has 108 heavy (non-hydrogen) atoms. The van der Waals surface area contributed by atoms with Crippen molar-refractivity contribution in [1.29, 1.82) is 0 Å². The summed E-state index contributed by atoms with van der Waals surface area (Å²) < 4.78 is 81.3. The molecule has 5 N–H and O–H groups in total. The van der Waals surface area contributed by atoms with E-state index in [1.165, 1.54) is 100 Å². The average molecular weight is 1530 g/mol. The number of imidazole rings is 1. The van der Waals surface area contributed by atoms with E-state index in [4.69, 9.17) is 72.7 Å². The summed E-state index contributed by atoms with van der Waals surface area (Å²) in [5, 5.41) is 20.9. The molecule has 612 valence electrons. The Kier molecular flexibility index (Phi) is 49.7. The second-order valence-corrected chi connectivity index (χ2v) is 27.7. The highest BCUT2D eigenvalue weighted by Gasteiger charge is 2.40. The molecule has 0 unspecified atom stereocenters. The van der Waals surface area contributed by atoms with Gasteiger partial charge in [0.1, 0.15) is 24.1 Å². The average Bonchev–Trinajstić information content (AvgIpc) is 1.63. The smallest absolute Gasteiger partial charge is 0.276 e. The van der Waals surface area contributed by atoms with Gasteiger partial charge in [-0.2, -0.15) is 5.10 Å². The van der Waals surface area contributed by atoms with Crippen LogP contribution in [0.3, 0.4) is 0 Å². The number of halogens is 1.